The number of hydrogen-bond acceptors (Lipinski definition) is 1. The summed E-state index contributed by atoms with van der Waals surface area (Å²) in [6.07, 6.45) is 1.88. The molecule has 0 radical (unpaired) electrons. The van der Waals surface area contributed by atoms with Crippen molar-refractivity contribution in [3.63, 3.8) is 0 Å². The van der Waals surface area contributed by atoms with Gasteiger partial charge in [0.1, 0.15) is 11.6 Å². The van der Waals surface area contributed by atoms with Crippen LogP contribution in [0.25, 0.3) is 11.1 Å². The Kier molecular flexibility index (Phi) is 4.10. The van der Waals surface area contributed by atoms with Gasteiger partial charge in [0.2, 0.25) is 0 Å². The van der Waals surface area contributed by atoms with E-state index in [2.05, 4.69) is 36.4 Å². The summed E-state index contributed by atoms with van der Waals surface area (Å²) in [7, 11) is 1.70. The standard InChI is InChI=1S/C23H19FO/c1-25-20-12-14-22-18(15-20)9-13-21(16-7-10-19(24)11-8-16)23(22)17-5-3-2-4-6-17/h2-8,10-12,14-15H,9,13H2,1H3. The number of hydrogen-bond donors (Lipinski definition) is 0. The topological polar surface area (TPSA) is 9.23 Å². The van der Waals surface area contributed by atoms with Gasteiger partial charge in [-0.3, -0.25) is 0 Å². The minimum Gasteiger partial charge on any atom is -0.497 e. The molecule has 2 heteroatoms. The van der Waals surface area contributed by atoms with Crippen LogP contribution in [0.3, 0.4) is 0 Å². The summed E-state index contributed by atoms with van der Waals surface area (Å²) < 4.78 is 18.8. The number of halogens is 1. The first-order valence-corrected chi connectivity index (χ1v) is 8.48. The average molecular weight is 330 g/mol. The first-order chi connectivity index (χ1) is 12.3. The molecular weight excluding hydrogens is 311 g/mol. The fourth-order valence-corrected chi connectivity index (χ4v) is 3.57. The van der Waals surface area contributed by atoms with Crippen molar-refractivity contribution >= 4 is 11.1 Å². The Morgan fingerprint density at radius 1 is 0.800 bits per heavy atom. The fraction of sp³-hybridized carbons (Fsp3) is 0.130. The highest BCUT2D eigenvalue weighted by Gasteiger charge is 2.21. The largest absolute Gasteiger partial charge is 0.497 e. The summed E-state index contributed by atoms with van der Waals surface area (Å²) in [6.45, 7) is 0. The van der Waals surface area contributed by atoms with Crippen LogP contribution in [0.4, 0.5) is 4.39 Å². The van der Waals surface area contributed by atoms with E-state index in [1.165, 1.54) is 40.0 Å². The molecule has 0 saturated heterocycles. The molecule has 1 aliphatic carbocycles. The maximum absolute atomic E-state index is 13.4. The summed E-state index contributed by atoms with van der Waals surface area (Å²) in [5.74, 6) is 0.683. The van der Waals surface area contributed by atoms with Crippen molar-refractivity contribution in [1.82, 2.24) is 0 Å². The molecule has 0 saturated carbocycles. The van der Waals surface area contributed by atoms with Gasteiger partial charge in [0.05, 0.1) is 7.11 Å². The van der Waals surface area contributed by atoms with Crippen molar-refractivity contribution in [2.45, 2.75) is 12.8 Å². The molecule has 1 aliphatic rings. The van der Waals surface area contributed by atoms with Gasteiger partial charge in [-0.25, -0.2) is 4.39 Å². The quantitative estimate of drug-likeness (QED) is 0.595. The molecule has 1 nitrogen and oxygen atoms in total. The Hall–Kier alpha value is -2.87. The molecule has 25 heavy (non-hydrogen) atoms. The minimum absolute atomic E-state index is 0.202. The number of fused-ring (bicyclic) bond motifs is 1. The Morgan fingerprint density at radius 3 is 2.28 bits per heavy atom. The van der Waals surface area contributed by atoms with E-state index in [1.807, 2.05) is 24.3 Å². The van der Waals surface area contributed by atoms with E-state index in [0.29, 0.717) is 0 Å². The highest BCUT2D eigenvalue weighted by molar-refractivity contribution is 6.00. The van der Waals surface area contributed by atoms with E-state index in [0.717, 1.165) is 24.2 Å². The molecule has 0 amide bonds. The number of benzene rings is 3. The fourth-order valence-electron chi connectivity index (χ4n) is 3.57. The van der Waals surface area contributed by atoms with Crippen LogP contribution in [0, 0.1) is 5.82 Å². The number of methoxy groups -OCH3 is 1. The summed E-state index contributed by atoms with van der Waals surface area (Å²) in [4.78, 5) is 0. The second-order valence-corrected chi connectivity index (χ2v) is 6.25. The third kappa shape index (κ3) is 2.96. The van der Waals surface area contributed by atoms with Crippen molar-refractivity contribution in [3.8, 4) is 5.75 Å². The second-order valence-electron chi connectivity index (χ2n) is 6.25. The highest BCUT2D eigenvalue weighted by atomic mass is 19.1. The molecule has 3 aromatic carbocycles. The van der Waals surface area contributed by atoms with Crippen molar-refractivity contribution in [3.05, 3.63) is 101 Å². The van der Waals surface area contributed by atoms with Gasteiger partial charge in [0.25, 0.3) is 0 Å². The molecule has 124 valence electrons. The first kappa shape index (κ1) is 15.6. The molecule has 0 aromatic heterocycles. The lowest BCUT2D eigenvalue weighted by molar-refractivity contribution is 0.414. The summed E-state index contributed by atoms with van der Waals surface area (Å²) in [5, 5.41) is 0. The molecule has 0 spiro atoms. The Balaban J connectivity index is 1.95. The number of ether oxygens (including phenoxy) is 1. The monoisotopic (exact) mass is 330 g/mol. The summed E-state index contributed by atoms with van der Waals surface area (Å²) in [6, 6.07) is 23.5. The number of aryl methyl sites for hydroxylation is 1. The third-order valence-corrected chi connectivity index (χ3v) is 4.78. The van der Waals surface area contributed by atoms with E-state index in [-0.39, 0.29) is 5.82 Å². The van der Waals surface area contributed by atoms with Crippen LogP contribution < -0.4 is 4.74 Å². The zero-order valence-electron chi connectivity index (χ0n) is 14.1. The molecule has 0 heterocycles. The molecule has 0 aliphatic heterocycles. The number of allylic oxidation sites excluding steroid dienone is 1. The predicted octanol–water partition coefficient (Wildman–Crippen LogP) is 5.74. The predicted molar refractivity (Wildman–Crippen MR) is 100 cm³/mol. The maximum atomic E-state index is 13.4. The highest BCUT2D eigenvalue weighted by Crippen LogP contribution is 2.41. The van der Waals surface area contributed by atoms with Crippen LogP contribution >= 0.6 is 0 Å². The van der Waals surface area contributed by atoms with Gasteiger partial charge in [0, 0.05) is 0 Å². The Bertz CT molecular complexity index is 924. The van der Waals surface area contributed by atoms with E-state index < -0.39 is 0 Å². The summed E-state index contributed by atoms with van der Waals surface area (Å²) >= 11 is 0. The van der Waals surface area contributed by atoms with Crippen LogP contribution in [-0.2, 0) is 6.42 Å². The molecule has 4 rings (SSSR count). The Morgan fingerprint density at radius 2 is 1.56 bits per heavy atom. The molecular formula is C23H19FO. The molecule has 0 unspecified atom stereocenters. The Labute approximate surface area is 147 Å². The van der Waals surface area contributed by atoms with E-state index in [4.69, 9.17) is 4.74 Å². The zero-order valence-corrected chi connectivity index (χ0v) is 14.1. The van der Waals surface area contributed by atoms with E-state index >= 15 is 0 Å². The maximum Gasteiger partial charge on any atom is 0.123 e. The van der Waals surface area contributed by atoms with Gasteiger partial charge >= 0.3 is 0 Å². The zero-order chi connectivity index (χ0) is 17.2. The van der Waals surface area contributed by atoms with Crippen molar-refractivity contribution in [1.29, 1.82) is 0 Å². The van der Waals surface area contributed by atoms with Crippen LogP contribution in [0.2, 0.25) is 0 Å². The van der Waals surface area contributed by atoms with E-state index in [1.54, 1.807) is 7.11 Å². The van der Waals surface area contributed by atoms with Crippen molar-refractivity contribution in [2.75, 3.05) is 7.11 Å². The lowest BCUT2D eigenvalue weighted by atomic mass is 9.79. The van der Waals surface area contributed by atoms with Gasteiger partial charge in [-0.05, 0) is 70.5 Å². The first-order valence-electron chi connectivity index (χ1n) is 8.48. The van der Waals surface area contributed by atoms with Gasteiger partial charge in [-0.2, -0.15) is 0 Å². The molecule has 3 aromatic rings. The molecule has 0 bridgehead atoms. The van der Waals surface area contributed by atoms with Crippen LogP contribution in [0.15, 0.2) is 72.8 Å². The molecule has 0 fully saturated rings. The third-order valence-electron chi connectivity index (χ3n) is 4.78. The van der Waals surface area contributed by atoms with Gasteiger partial charge in [0.15, 0.2) is 0 Å². The molecule has 0 atom stereocenters. The second kappa shape index (κ2) is 6.56. The number of rotatable bonds is 3. The normalized spacial score (nSPS) is 13.5. The van der Waals surface area contributed by atoms with Gasteiger partial charge in [-0.15, -0.1) is 0 Å². The lowest BCUT2D eigenvalue weighted by Gasteiger charge is -2.25. The lowest BCUT2D eigenvalue weighted by Crippen LogP contribution is -2.06. The summed E-state index contributed by atoms with van der Waals surface area (Å²) in [5.41, 5.74) is 7.30. The van der Waals surface area contributed by atoms with Crippen LogP contribution in [0.1, 0.15) is 28.7 Å². The smallest absolute Gasteiger partial charge is 0.123 e. The minimum atomic E-state index is -0.202. The molecule has 0 N–H and O–H groups in total. The van der Waals surface area contributed by atoms with Crippen LogP contribution in [0.5, 0.6) is 5.75 Å². The van der Waals surface area contributed by atoms with Gasteiger partial charge in [-0.1, -0.05) is 48.5 Å². The average Bonchev–Trinajstić information content (AvgIpc) is 2.68. The van der Waals surface area contributed by atoms with Crippen molar-refractivity contribution in [2.24, 2.45) is 0 Å². The van der Waals surface area contributed by atoms with Crippen LogP contribution in [-0.4, -0.2) is 7.11 Å². The van der Waals surface area contributed by atoms with Crippen molar-refractivity contribution < 1.29 is 9.13 Å². The van der Waals surface area contributed by atoms with Gasteiger partial charge < -0.3 is 4.74 Å². The SMILES string of the molecule is COc1ccc2c(c1)CCC(c1ccc(F)cc1)=C2c1ccccc1. The van der Waals surface area contributed by atoms with E-state index in [9.17, 15) is 4.39 Å².